The predicted molar refractivity (Wildman–Crippen MR) is 46.6 cm³/mol. The lowest BCUT2D eigenvalue weighted by atomic mass is 10.6. The summed E-state index contributed by atoms with van der Waals surface area (Å²) >= 11 is 6.02. The largest absolute Gasteiger partial charge is 0.347 e. The Morgan fingerprint density at radius 3 is 2.10 bits per heavy atom. The van der Waals surface area contributed by atoms with Gasteiger partial charge in [-0.3, -0.25) is 4.79 Å². The van der Waals surface area contributed by atoms with E-state index in [2.05, 4.69) is 0 Å². The van der Waals surface area contributed by atoms with Crippen LogP contribution >= 0.6 is 11.1 Å². The molecule has 0 atom stereocenters. The minimum atomic E-state index is -1.61. The summed E-state index contributed by atoms with van der Waals surface area (Å²) in [6.07, 6.45) is 0.726. The van der Waals surface area contributed by atoms with Gasteiger partial charge in [0.05, 0.1) is 0 Å². The molecule has 0 unspecified atom stereocenters. The molecule has 0 fully saturated rings. The first-order valence-corrected chi connectivity index (χ1v) is 7.45. The Morgan fingerprint density at radius 1 is 1.60 bits per heavy atom. The van der Waals surface area contributed by atoms with Gasteiger partial charge < -0.3 is 4.90 Å². The third-order valence-corrected chi connectivity index (χ3v) is 2.74. The van der Waals surface area contributed by atoms with Crippen LogP contribution in [0.15, 0.2) is 0 Å². The van der Waals surface area contributed by atoms with Crippen LogP contribution in [-0.4, -0.2) is 31.4 Å². The van der Waals surface area contributed by atoms with Crippen LogP contribution in [0.5, 0.6) is 0 Å². The third-order valence-electron chi connectivity index (χ3n) is 1.15. The van der Waals surface area contributed by atoms with Crippen LogP contribution in [0.1, 0.15) is 6.92 Å². The molecule has 0 aromatic heterocycles. The summed E-state index contributed by atoms with van der Waals surface area (Å²) in [7, 11) is 0.171. The number of nitrogens with zero attached hydrogens (tertiary/aromatic N) is 1. The van der Waals surface area contributed by atoms with Gasteiger partial charge in [-0.1, -0.05) is 13.1 Å². The van der Waals surface area contributed by atoms with Gasteiger partial charge in [0.1, 0.15) is 0 Å². The van der Waals surface area contributed by atoms with Gasteiger partial charge in [0.15, 0.2) is 7.38 Å². The summed E-state index contributed by atoms with van der Waals surface area (Å²) in [5, 5.41) is 0. The lowest BCUT2D eigenvalue weighted by Gasteiger charge is -2.21. The van der Waals surface area contributed by atoms with E-state index in [1.54, 1.807) is 18.9 Å². The van der Waals surface area contributed by atoms with Gasteiger partial charge in [-0.05, 0) is 0 Å². The summed E-state index contributed by atoms with van der Waals surface area (Å²) in [5.74, 6) is 0.0845. The molecule has 0 spiro atoms. The number of carbonyl (C=O) groups excluding carboxylic acids is 1. The highest BCUT2D eigenvalue weighted by Gasteiger charge is 2.20. The molecule has 10 heavy (non-hydrogen) atoms. The van der Waals surface area contributed by atoms with Gasteiger partial charge in [0.2, 0.25) is 5.91 Å². The minimum Gasteiger partial charge on any atom is -0.347 e. The fourth-order valence-corrected chi connectivity index (χ4v) is 2.56. The van der Waals surface area contributed by atoms with Crippen LogP contribution in [-0.2, 0) is 4.79 Å². The molecule has 0 N–H and O–H groups in total. The topological polar surface area (TPSA) is 20.3 Å². The number of hydrogen-bond acceptors (Lipinski definition) is 1. The molecular weight excluding hydrogens is 166 g/mol. The van der Waals surface area contributed by atoms with E-state index in [9.17, 15) is 4.79 Å². The third kappa shape index (κ3) is 4.82. The van der Waals surface area contributed by atoms with E-state index in [1.807, 2.05) is 13.1 Å². The lowest BCUT2D eigenvalue weighted by Crippen LogP contribution is -2.38. The van der Waals surface area contributed by atoms with Gasteiger partial charge >= 0.3 is 0 Å². The lowest BCUT2D eigenvalue weighted by molar-refractivity contribution is -0.126. The van der Waals surface area contributed by atoms with Crippen molar-refractivity contribution in [1.82, 2.24) is 4.90 Å². The fraction of sp³-hybridized carbons (Fsp3) is 0.833. The molecule has 0 bridgehead atoms. The van der Waals surface area contributed by atoms with Crippen molar-refractivity contribution in [3.05, 3.63) is 0 Å². The second-order valence-electron chi connectivity index (χ2n) is 3.09. The molecule has 0 aromatic carbocycles. The van der Waals surface area contributed by atoms with Crippen LogP contribution in [0.25, 0.3) is 0 Å². The fourth-order valence-electron chi connectivity index (χ4n) is 0.675. The molecule has 0 aliphatic heterocycles. The van der Waals surface area contributed by atoms with Crippen LogP contribution < -0.4 is 0 Å². The van der Waals surface area contributed by atoms with Crippen molar-refractivity contribution >= 4 is 24.4 Å². The van der Waals surface area contributed by atoms with Crippen molar-refractivity contribution in [1.29, 1.82) is 0 Å². The maximum Gasteiger partial charge on any atom is 0.218 e. The number of halogens is 1. The highest BCUT2D eigenvalue weighted by atomic mass is 35.6. The molecule has 0 saturated heterocycles. The molecule has 0 aliphatic carbocycles. The summed E-state index contributed by atoms with van der Waals surface area (Å²) < 4.78 is 0. The van der Waals surface area contributed by atoms with Gasteiger partial charge in [-0.25, -0.2) is 0 Å². The molecule has 0 saturated carbocycles. The Morgan fingerprint density at radius 2 is 2.00 bits per heavy atom. The van der Waals surface area contributed by atoms with E-state index in [0.717, 1.165) is 6.17 Å². The number of rotatable bonds is 2. The highest BCUT2D eigenvalue weighted by Crippen LogP contribution is 2.08. The normalized spacial score (nSPS) is 11.3. The Hall–Kier alpha value is -0.0231. The molecular formula is C6H14ClNOSi. The average molecular weight is 180 g/mol. The van der Waals surface area contributed by atoms with Gasteiger partial charge in [-0.15, -0.1) is 0 Å². The SMILES string of the molecule is CC(=O)N(C)C[Si](C)(C)Cl. The molecule has 1 amide bonds. The first-order valence-electron chi connectivity index (χ1n) is 3.23. The Bertz CT molecular complexity index is 132. The Kier molecular flexibility index (Phi) is 3.38. The molecule has 0 heterocycles. The summed E-state index contributed by atoms with van der Waals surface area (Å²) in [6, 6.07) is 0. The zero-order valence-corrected chi connectivity index (χ0v) is 8.70. The van der Waals surface area contributed by atoms with Crippen molar-refractivity contribution in [2.45, 2.75) is 20.0 Å². The first-order chi connectivity index (χ1) is 4.33. The van der Waals surface area contributed by atoms with Crippen molar-refractivity contribution < 1.29 is 4.79 Å². The zero-order valence-electron chi connectivity index (χ0n) is 6.94. The molecule has 0 aliphatic rings. The van der Waals surface area contributed by atoms with Crippen LogP contribution in [0.3, 0.4) is 0 Å². The van der Waals surface area contributed by atoms with Crippen molar-refractivity contribution in [3.63, 3.8) is 0 Å². The molecule has 60 valence electrons. The molecule has 0 rings (SSSR count). The van der Waals surface area contributed by atoms with E-state index in [4.69, 9.17) is 11.1 Å². The van der Waals surface area contributed by atoms with E-state index >= 15 is 0 Å². The van der Waals surface area contributed by atoms with E-state index < -0.39 is 7.38 Å². The number of hydrogen-bond donors (Lipinski definition) is 0. The Balaban J connectivity index is 3.80. The molecule has 0 aromatic rings. The summed E-state index contributed by atoms with van der Waals surface area (Å²) in [6.45, 7) is 5.60. The van der Waals surface area contributed by atoms with E-state index in [0.29, 0.717) is 0 Å². The standard InChI is InChI=1S/C6H14ClNOSi/c1-6(9)8(2)5-10(3,4)7/h5H2,1-4H3. The molecule has 2 nitrogen and oxygen atoms in total. The van der Waals surface area contributed by atoms with Gasteiger partial charge in [0.25, 0.3) is 0 Å². The number of carbonyl (C=O) groups is 1. The maximum atomic E-state index is 10.7. The first kappa shape index (κ1) is 9.98. The monoisotopic (exact) mass is 179 g/mol. The zero-order chi connectivity index (χ0) is 8.36. The van der Waals surface area contributed by atoms with Gasteiger partial charge in [-0.2, -0.15) is 11.1 Å². The second-order valence-corrected chi connectivity index (χ2v) is 9.92. The quantitative estimate of drug-likeness (QED) is 0.464. The van der Waals surface area contributed by atoms with Crippen LogP contribution in [0, 0.1) is 0 Å². The maximum absolute atomic E-state index is 10.7. The smallest absolute Gasteiger partial charge is 0.218 e. The highest BCUT2D eigenvalue weighted by molar-refractivity contribution is 7.19. The van der Waals surface area contributed by atoms with Crippen LogP contribution in [0.2, 0.25) is 13.1 Å². The van der Waals surface area contributed by atoms with Crippen LogP contribution in [0.4, 0.5) is 0 Å². The Labute approximate surface area is 67.9 Å². The minimum absolute atomic E-state index is 0.0845. The van der Waals surface area contributed by atoms with Gasteiger partial charge in [0, 0.05) is 20.1 Å². The van der Waals surface area contributed by atoms with Crippen molar-refractivity contribution in [2.24, 2.45) is 0 Å². The van der Waals surface area contributed by atoms with Crippen molar-refractivity contribution in [2.75, 3.05) is 13.2 Å². The number of amides is 1. The predicted octanol–water partition coefficient (Wildman–Crippen LogP) is 1.45. The van der Waals surface area contributed by atoms with E-state index in [1.165, 1.54) is 0 Å². The van der Waals surface area contributed by atoms with Crippen molar-refractivity contribution in [3.8, 4) is 0 Å². The van der Waals surface area contributed by atoms with E-state index in [-0.39, 0.29) is 5.91 Å². The molecule has 0 radical (unpaired) electrons. The summed E-state index contributed by atoms with van der Waals surface area (Å²) in [4.78, 5) is 12.4. The average Bonchev–Trinajstić information content (AvgIpc) is 1.60. The molecule has 4 heteroatoms. The summed E-state index contributed by atoms with van der Waals surface area (Å²) in [5.41, 5.74) is 0. The second kappa shape index (κ2) is 3.39.